The maximum absolute atomic E-state index is 12.4. The largest absolute Gasteiger partial charge is 0.477 e. The monoisotopic (exact) mass is 389 g/mol. The number of carbonyl (C=O) groups is 1. The van der Waals surface area contributed by atoms with E-state index in [0.717, 1.165) is 11.3 Å². The molecule has 0 aromatic heterocycles. The number of nitrogens with zero attached hydrogens (tertiary/aromatic N) is 3. The number of amides is 1. The Labute approximate surface area is 162 Å². The van der Waals surface area contributed by atoms with Crippen molar-refractivity contribution in [3.63, 3.8) is 0 Å². The van der Waals surface area contributed by atoms with Gasteiger partial charge in [0.1, 0.15) is 0 Å². The van der Waals surface area contributed by atoms with Crippen molar-refractivity contribution < 1.29 is 14.5 Å². The summed E-state index contributed by atoms with van der Waals surface area (Å²) in [5.74, 6) is -0.0767. The fourth-order valence-electron chi connectivity index (χ4n) is 3.01. The average Bonchev–Trinajstić information content (AvgIpc) is 2.66. The number of rotatable bonds is 5. The highest BCUT2D eigenvalue weighted by atomic mass is 35.5. The lowest BCUT2D eigenvalue weighted by molar-refractivity contribution is -0.385. The summed E-state index contributed by atoms with van der Waals surface area (Å²) in [6, 6.07) is 12.3. The van der Waals surface area contributed by atoms with Crippen LogP contribution in [0.5, 0.6) is 5.75 Å². The lowest BCUT2D eigenvalue weighted by Gasteiger charge is -2.36. The molecule has 1 aliphatic rings. The Kier molecular flexibility index (Phi) is 5.81. The lowest BCUT2D eigenvalue weighted by Crippen LogP contribution is -2.50. The molecular weight excluding hydrogens is 370 g/mol. The third-order valence-electron chi connectivity index (χ3n) is 4.47. The van der Waals surface area contributed by atoms with E-state index in [1.807, 2.05) is 24.3 Å². The molecule has 142 valence electrons. The second kappa shape index (κ2) is 8.26. The molecule has 0 N–H and O–H groups in total. The van der Waals surface area contributed by atoms with Crippen LogP contribution in [0.15, 0.2) is 42.5 Å². The smallest absolute Gasteiger partial charge is 0.311 e. The van der Waals surface area contributed by atoms with Gasteiger partial charge in [-0.2, -0.15) is 0 Å². The van der Waals surface area contributed by atoms with E-state index in [0.29, 0.717) is 31.2 Å². The summed E-state index contributed by atoms with van der Waals surface area (Å²) in [7, 11) is 0. The zero-order valence-electron chi connectivity index (χ0n) is 14.9. The predicted molar refractivity (Wildman–Crippen MR) is 104 cm³/mol. The van der Waals surface area contributed by atoms with E-state index < -0.39 is 4.92 Å². The summed E-state index contributed by atoms with van der Waals surface area (Å²) in [6.45, 7) is 4.05. The normalized spacial score (nSPS) is 14.1. The number of hydrogen-bond acceptors (Lipinski definition) is 5. The van der Waals surface area contributed by atoms with E-state index in [2.05, 4.69) is 4.90 Å². The Morgan fingerprint density at radius 2 is 1.93 bits per heavy atom. The van der Waals surface area contributed by atoms with E-state index >= 15 is 0 Å². The summed E-state index contributed by atoms with van der Waals surface area (Å²) in [6.07, 6.45) is 0. The molecule has 0 saturated carbocycles. The molecule has 1 amide bonds. The number of aryl methyl sites for hydroxylation is 1. The highest BCUT2D eigenvalue weighted by Crippen LogP contribution is 2.28. The first kappa shape index (κ1) is 19.0. The number of carbonyl (C=O) groups excluding carboxylic acids is 1. The van der Waals surface area contributed by atoms with Crippen molar-refractivity contribution in [2.75, 3.05) is 37.7 Å². The van der Waals surface area contributed by atoms with E-state index in [-0.39, 0.29) is 24.0 Å². The van der Waals surface area contributed by atoms with Crippen LogP contribution in [0.25, 0.3) is 0 Å². The van der Waals surface area contributed by atoms with Crippen LogP contribution in [0.2, 0.25) is 5.02 Å². The fourth-order valence-corrected chi connectivity index (χ4v) is 3.19. The van der Waals surface area contributed by atoms with Gasteiger partial charge in [0, 0.05) is 43.0 Å². The summed E-state index contributed by atoms with van der Waals surface area (Å²) in [5.41, 5.74) is 1.66. The molecule has 1 aliphatic heterocycles. The minimum Gasteiger partial charge on any atom is -0.477 e. The maximum atomic E-state index is 12.4. The molecule has 0 atom stereocenters. The Bertz CT molecular complexity index is 851. The molecule has 27 heavy (non-hydrogen) atoms. The fraction of sp³-hybridized carbons (Fsp3) is 0.316. The molecule has 7 nitrogen and oxygen atoms in total. The number of benzene rings is 2. The molecule has 0 unspecified atom stereocenters. The second-order valence-electron chi connectivity index (χ2n) is 6.36. The molecular formula is C19H20ClN3O4. The van der Waals surface area contributed by atoms with Gasteiger partial charge in [-0.3, -0.25) is 14.9 Å². The van der Waals surface area contributed by atoms with Crippen LogP contribution in [0.1, 0.15) is 5.56 Å². The summed E-state index contributed by atoms with van der Waals surface area (Å²) in [5, 5.41) is 11.8. The van der Waals surface area contributed by atoms with Crippen molar-refractivity contribution in [3.05, 3.63) is 63.2 Å². The van der Waals surface area contributed by atoms with Crippen LogP contribution >= 0.6 is 11.6 Å². The molecule has 1 heterocycles. The van der Waals surface area contributed by atoms with Gasteiger partial charge in [-0.15, -0.1) is 0 Å². The van der Waals surface area contributed by atoms with Crippen LogP contribution in [0, 0.1) is 17.0 Å². The zero-order valence-corrected chi connectivity index (χ0v) is 15.7. The molecule has 0 spiro atoms. The molecule has 8 heteroatoms. The molecule has 0 bridgehead atoms. The molecule has 2 aromatic carbocycles. The molecule has 3 rings (SSSR count). The molecule has 1 fully saturated rings. The number of hydrogen-bond donors (Lipinski definition) is 0. The Balaban J connectivity index is 1.55. The summed E-state index contributed by atoms with van der Waals surface area (Å²) < 4.78 is 5.43. The molecule has 1 saturated heterocycles. The summed E-state index contributed by atoms with van der Waals surface area (Å²) in [4.78, 5) is 26.9. The first-order valence-corrected chi connectivity index (χ1v) is 8.98. The van der Waals surface area contributed by atoms with Crippen molar-refractivity contribution >= 4 is 28.9 Å². The first-order chi connectivity index (χ1) is 12.9. The topological polar surface area (TPSA) is 75.9 Å². The lowest BCUT2D eigenvalue weighted by atomic mass is 10.2. The average molecular weight is 390 g/mol. The summed E-state index contributed by atoms with van der Waals surface area (Å²) >= 11 is 6.03. The zero-order chi connectivity index (χ0) is 19.4. The number of nitro benzene ring substituents is 1. The van der Waals surface area contributed by atoms with E-state index in [1.54, 1.807) is 17.9 Å². The van der Waals surface area contributed by atoms with Gasteiger partial charge in [-0.1, -0.05) is 23.7 Å². The third-order valence-corrected chi connectivity index (χ3v) is 4.70. The molecule has 2 aromatic rings. The van der Waals surface area contributed by atoms with E-state index in [9.17, 15) is 14.9 Å². The Hall–Kier alpha value is -2.80. The maximum Gasteiger partial charge on any atom is 0.311 e. The highest BCUT2D eigenvalue weighted by molar-refractivity contribution is 6.30. The van der Waals surface area contributed by atoms with Gasteiger partial charge >= 0.3 is 5.69 Å². The van der Waals surface area contributed by atoms with Gasteiger partial charge in [-0.05, 0) is 36.8 Å². The minimum absolute atomic E-state index is 0.108. The number of nitro groups is 1. The number of ether oxygens (including phenoxy) is 1. The van der Waals surface area contributed by atoms with Gasteiger partial charge < -0.3 is 14.5 Å². The van der Waals surface area contributed by atoms with Crippen LogP contribution in [-0.4, -0.2) is 48.5 Å². The van der Waals surface area contributed by atoms with Crippen molar-refractivity contribution in [3.8, 4) is 5.75 Å². The van der Waals surface area contributed by atoms with Crippen LogP contribution in [-0.2, 0) is 4.79 Å². The molecule has 0 aliphatic carbocycles. The predicted octanol–water partition coefficient (Wildman–Crippen LogP) is 3.28. The van der Waals surface area contributed by atoms with Gasteiger partial charge in [-0.25, -0.2) is 0 Å². The van der Waals surface area contributed by atoms with Gasteiger partial charge in [0.2, 0.25) is 0 Å². The highest BCUT2D eigenvalue weighted by Gasteiger charge is 2.23. The minimum atomic E-state index is -0.503. The third kappa shape index (κ3) is 4.68. The number of anilines is 1. The van der Waals surface area contributed by atoms with E-state index in [1.165, 1.54) is 12.1 Å². The second-order valence-corrected chi connectivity index (χ2v) is 6.80. The SMILES string of the molecule is Cc1ccc(OCC(=O)N2CCN(c3cccc(Cl)c3)CC2)c([N+](=O)[O-])c1. The van der Waals surface area contributed by atoms with Crippen molar-refractivity contribution in [1.29, 1.82) is 0 Å². The quantitative estimate of drug-likeness (QED) is 0.579. The number of piperazine rings is 1. The Morgan fingerprint density at radius 3 is 2.59 bits per heavy atom. The van der Waals surface area contributed by atoms with Crippen molar-refractivity contribution in [1.82, 2.24) is 4.90 Å². The van der Waals surface area contributed by atoms with Crippen molar-refractivity contribution in [2.45, 2.75) is 6.92 Å². The van der Waals surface area contributed by atoms with Crippen LogP contribution in [0.4, 0.5) is 11.4 Å². The number of halogens is 1. The first-order valence-electron chi connectivity index (χ1n) is 8.60. The standard InChI is InChI=1S/C19H20ClN3O4/c1-14-5-6-18(17(11-14)23(25)26)27-13-19(24)22-9-7-21(8-10-22)16-4-2-3-15(20)12-16/h2-6,11-12H,7-10,13H2,1H3. The van der Waals surface area contributed by atoms with Crippen LogP contribution < -0.4 is 9.64 Å². The van der Waals surface area contributed by atoms with Gasteiger partial charge in [0.25, 0.3) is 5.91 Å². The van der Waals surface area contributed by atoms with E-state index in [4.69, 9.17) is 16.3 Å². The van der Waals surface area contributed by atoms with Crippen molar-refractivity contribution in [2.24, 2.45) is 0 Å². The Morgan fingerprint density at radius 1 is 1.19 bits per heavy atom. The van der Waals surface area contributed by atoms with Crippen LogP contribution in [0.3, 0.4) is 0 Å². The van der Waals surface area contributed by atoms with Gasteiger partial charge in [0.15, 0.2) is 12.4 Å². The molecule has 0 radical (unpaired) electrons. The van der Waals surface area contributed by atoms with Gasteiger partial charge in [0.05, 0.1) is 4.92 Å².